The number of hydrogen-bond donors (Lipinski definition) is 0. The molecule has 2 aliphatic rings. The Labute approximate surface area is 126 Å². The van der Waals surface area contributed by atoms with Gasteiger partial charge in [-0.15, -0.1) is 0 Å². The molecule has 0 bridgehead atoms. The molecule has 1 aliphatic heterocycles. The summed E-state index contributed by atoms with van der Waals surface area (Å²) in [6, 6.07) is 2.97. The zero-order valence-electron chi connectivity index (χ0n) is 12.6. The molecule has 1 saturated heterocycles. The van der Waals surface area contributed by atoms with Crippen molar-refractivity contribution in [2.24, 2.45) is 0 Å². The van der Waals surface area contributed by atoms with Crippen LogP contribution < -0.4 is 4.90 Å². The fourth-order valence-corrected chi connectivity index (χ4v) is 3.93. The van der Waals surface area contributed by atoms with Crippen LogP contribution in [-0.4, -0.2) is 54.1 Å². The third-order valence-electron chi connectivity index (χ3n) is 4.28. The van der Waals surface area contributed by atoms with Crippen molar-refractivity contribution in [3.05, 3.63) is 18.1 Å². The van der Waals surface area contributed by atoms with Crippen molar-refractivity contribution in [2.45, 2.75) is 44.7 Å². The zero-order valence-corrected chi connectivity index (χ0v) is 13.4. The first kappa shape index (κ1) is 14.7. The van der Waals surface area contributed by atoms with Gasteiger partial charge in [-0.1, -0.05) is 0 Å². The Morgan fingerprint density at radius 3 is 2.29 bits per heavy atom. The lowest BCUT2D eigenvalue weighted by atomic mass is 10.0. The molecule has 0 amide bonds. The van der Waals surface area contributed by atoms with E-state index < -0.39 is 10.0 Å². The van der Waals surface area contributed by atoms with Gasteiger partial charge in [0.2, 0.25) is 10.0 Å². The molecular weight excluding hydrogens is 288 g/mol. The van der Waals surface area contributed by atoms with E-state index in [0.29, 0.717) is 25.2 Å². The summed E-state index contributed by atoms with van der Waals surface area (Å²) in [7, 11) is -3.06. The summed E-state index contributed by atoms with van der Waals surface area (Å²) in [4.78, 5) is 11.0. The van der Waals surface area contributed by atoms with Crippen LogP contribution >= 0.6 is 0 Å². The third kappa shape index (κ3) is 3.35. The standard InChI is InChI=1S/C14H22N4O2S/c1-11-9-14(16-10-15-11)18(12-3-4-12)13-5-7-17(8-6-13)21(2,19)20/h9-10,12-13H,3-8H2,1-2H3. The summed E-state index contributed by atoms with van der Waals surface area (Å²) < 4.78 is 24.8. The molecule has 1 aromatic rings. The number of sulfonamides is 1. The van der Waals surface area contributed by atoms with Crippen LogP contribution in [0.5, 0.6) is 0 Å². The van der Waals surface area contributed by atoms with Crippen LogP contribution in [0, 0.1) is 6.92 Å². The van der Waals surface area contributed by atoms with Gasteiger partial charge in [-0.25, -0.2) is 22.7 Å². The highest BCUT2D eigenvalue weighted by atomic mass is 32.2. The maximum atomic E-state index is 11.6. The maximum absolute atomic E-state index is 11.6. The lowest BCUT2D eigenvalue weighted by Crippen LogP contribution is -2.47. The van der Waals surface area contributed by atoms with Gasteiger partial charge in [-0.2, -0.15) is 0 Å². The van der Waals surface area contributed by atoms with Gasteiger partial charge in [0.25, 0.3) is 0 Å². The monoisotopic (exact) mass is 310 g/mol. The second-order valence-corrected chi connectivity index (χ2v) is 8.03. The number of aromatic nitrogens is 2. The predicted octanol–water partition coefficient (Wildman–Crippen LogP) is 1.18. The number of hydrogen-bond acceptors (Lipinski definition) is 5. The largest absolute Gasteiger partial charge is 0.350 e. The smallest absolute Gasteiger partial charge is 0.211 e. The second-order valence-electron chi connectivity index (χ2n) is 6.05. The van der Waals surface area contributed by atoms with Gasteiger partial charge in [0.05, 0.1) is 6.26 Å². The minimum absolute atomic E-state index is 0.379. The highest BCUT2D eigenvalue weighted by Crippen LogP contribution is 2.35. The highest BCUT2D eigenvalue weighted by Gasteiger charge is 2.37. The van der Waals surface area contributed by atoms with E-state index in [1.54, 1.807) is 10.6 Å². The van der Waals surface area contributed by atoms with Crippen molar-refractivity contribution < 1.29 is 8.42 Å². The molecular formula is C14H22N4O2S. The minimum atomic E-state index is -3.06. The summed E-state index contributed by atoms with van der Waals surface area (Å²) in [5.41, 5.74) is 0.972. The van der Waals surface area contributed by atoms with Crippen LogP contribution in [0.2, 0.25) is 0 Å². The van der Waals surface area contributed by atoms with E-state index in [1.807, 2.05) is 13.0 Å². The van der Waals surface area contributed by atoms with E-state index >= 15 is 0 Å². The molecule has 0 radical (unpaired) electrons. The molecule has 0 atom stereocenters. The Balaban J connectivity index is 1.75. The predicted molar refractivity (Wildman–Crippen MR) is 81.7 cm³/mol. The molecule has 0 aromatic carbocycles. The van der Waals surface area contributed by atoms with Gasteiger partial charge in [0.1, 0.15) is 12.1 Å². The average Bonchev–Trinajstić information content (AvgIpc) is 3.23. The Morgan fingerprint density at radius 2 is 1.76 bits per heavy atom. The van der Waals surface area contributed by atoms with Crippen LogP contribution in [0.4, 0.5) is 5.82 Å². The van der Waals surface area contributed by atoms with E-state index in [0.717, 1.165) is 24.4 Å². The average molecular weight is 310 g/mol. The van der Waals surface area contributed by atoms with Crippen LogP contribution in [0.25, 0.3) is 0 Å². The maximum Gasteiger partial charge on any atom is 0.211 e. The summed E-state index contributed by atoms with van der Waals surface area (Å²) >= 11 is 0. The van der Waals surface area contributed by atoms with Crippen molar-refractivity contribution in [1.29, 1.82) is 0 Å². The van der Waals surface area contributed by atoms with Crippen LogP contribution in [0.1, 0.15) is 31.4 Å². The van der Waals surface area contributed by atoms with Gasteiger partial charge in [0, 0.05) is 36.9 Å². The van der Waals surface area contributed by atoms with Gasteiger partial charge >= 0.3 is 0 Å². The van der Waals surface area contributed by atoms with E-state index in [-0.39, 0.29) is 0 Å². The Hall–Kier alpha value is -1.21. The molecule has 1 saturated carbocycles. The molecule has 0 spiro atoms. The molecule has 0 N–H and O–H groups in total. The quantitative estimate of drug-likeness (QED) is 0.835. The third-order valence-corrected chi connectivity index (χ3v) is 5.58. The number of piperidine rings is 1. The lowest BCUT2D eigenvalue weighted by Gasteiger charge is -2.38. The van der Waals surface area contributed by atoms with Crippen molar-refractivity contribution in [2.75, 3.05) is 24.2 Å². The van der Waals surface area contributed by atoms with Crippen LogP contribution in [0.15, 0.2) is 12.4 Å². The number of rotatable bonds is 4. The van der Waals surface area contributed by atoms with Gasteiger partial charge in [0.15, 0.2) is 0 Å². The molecule has 6 nitrogen and oxygen atoms in total. The highest BCUT2D eigenvalue weighted by molar-refractivity contribution is 7.88. The van der Waals surface area contributed by atoms with E-state index in [4.69, 9.17) is 0 Å². The minimum Gasteiger partial charge on any atom is -0.350 e. The summed E-state index contributed by atoms with van der Waals surface area (Å²) in [6.45, 7) is 3.19. The number of anilines is 1. The molecule has 7 heteroatoms. The summed E-state index contributed by atoms with van der Waals surface area (Å²) in [5.74, 6) is 0.989. The van der Waals surface area contributed by atoms with Crippen LogP contribution in [0.3, 0.4) is 0 Å². The molecule has 2 heterocycles. The van der Waals surface area contributed by atoms with E-state index in [1.165, 1.54) is 19.1 Å². The topological polar surface area (TPSA) is 66.4 Å². The first-order chi connectivity index (χ1) is 9.95. The molecule has 116 valence electrons. The van der Waals surface area contributed by atoms with Gasteiger partial charge < -0.3 is 4.90 Å². The Kier molecular flexibility index (Phi) is 3.88. The first-order valence-corrected chi connectivity index (χ1v) is 9.32. The van der Waals surface area contributed by atoms with E-state index in [9.17, 15) is 8.42 Å². The molecule has 1 aliphatic carbocycles. The van der Waals surface area contributed by atoms with Crippen molar-refractivity contribution in [3.63, 3.8) is 0 Å². The normalized spacial score (nSPS) is 21.4. The van der Waals surface area contributed by atoms with Crippen molar-refractivity contribution in [1.82, 2.24) is 14.3 Å². The van der Waals surface area contributed by atoms with Gasteiger partial charge in [-0.3, -0.25) is 0 Å². The molecule has 21 heavy (non-hydrogen) atoms. The van der Waals surface area contributed by atoms with Crippen molar-refractivity contribution >= 4 is 15.8 Å². The zero-order chi connectivity index (χ0) is 15.0. The number of nitrogens with zero attached hydrogens (tertiary/aromatic N) is 4. The van der Waals surface area contributed by atoms with Crippen LogP contribution in [-0.2, 0) is 10.0 Å². The molecule has 1 aromatic heterocycles. The van der Waals surface area contributed by atoms with Gasteiger partial charge in [-0.05, 0) is 32.6 Å². The Morgan fingerprint density at radius 1 is 1.14 bits per heavy atom. The Bertz CT molecular complexity index is 607. The molecule has 0 unspecified atom stereocenters. The first-order valence-electron chi connectivity index (χ1n) is 7.47. The summed E-state index contributed by atoms with van der Waals surface area (Å²) in [5, 5.41) is 0. The number of aryl methyl sites for hydroxylation is 1. The second kappa shape index (κ2) is 5.53. The van der Waals surface area contributed by atoms with Crippen molar-refractivity contribution in [3.8, 4) is 0 Å². The molecule has 3 rings (SSSR count). The fraction of sp³-hybridized carbons (Fsp3) is 0.714. The molecule has 2 fully saturated rings. The lowest BCUT2D eigenvalue weighted by molar-refractivity contribution is 0.310. The fourth-order valence-electron chi connectivity index (χ4n) is 3.06. The SMILES string of the molecule is Cc1cc(N(C2CC2)C2CCN(S(C)(=O)=O)CC2)ncn1. The summed E-state index contributed by atoms with van der Waals surface area (Å²) in [6.07, 6.45) is 7.05. The van der Waals surface area contributed by atoms with E-state index in [2.05, 4.69) is 14.9 Å².